The molecule has 1 fully saturated rings. The zero-order chi connectivity index (χ0) is 14.9. The predicted molar refractivity (Wildman–Crippen MR) is 78.9 cm³/mol. The molecule has 2 N–H and O–H groups in total. The highest BCUT2D eigenvalue weighted by molar-refractivity contribution is 5.95. The fourth-order valence-corrected chi connectivity index (χ4v) is 2.88. The van der Waals surface area contributed by atoms with Gasteiger partial charge >= 0.3 is 0 Å². The van der Waals surface area contributed by atoms with Crippen LogP contribution in [0, 0.1) is 11.2 Å². The van der Waals surface area contributed by atoms with E-state index in [1.165, 1.54) is 18.2 Å². The maximum absolute atomic E-state index is 13.3. The molecular weight excluding hydrogens is 255 g/mol. The van der Waals surface area contributed by atoms with Crippen molar-refractivity contribution in [2.24, 2.45) is 5.41 Å². The minimum absolute atomic E-state index is 0.152. The van der Waals surface area contributed by atoms with Crippen LogP contribution in [0.3, 0.4) is 0 Å². The number of amides is 1. The zero-order valence-corrected chi connectivity index (χ0v) is 12.4. The number of nitrogens with two attached hydrogens (primary N) is 1. The van der Waals surface area contributed by atoms with Gasteiger partial charge in [-0.2, -0.15) is 0 Å². The summed E-state index contributed by atoms with van der Waals surface area (Å²) >= 11 is 0. The zero-order valence-electron chi connectivity index (χ0n) is 12.4. The second kappa shape index (κ2) is 5.43. The van der Waals surface area contributed by atoms with E-state index < -0.39 is 5.82 Å². The average molecular weight is 278 g/mol. The Morgan fingerprint density at radius 3 is 2.45 bits per heavy atom. The Balaban J connectivity index is 2.09. The SMILES string of the molecule is CN(C(=O)c1cc(N)cc(F)c1)C1CCC(C)(C)CC1. The Morgan fingerprint density at radius 1 is 1.30 bits per heavy atom. The number of hydrogen-bond donors (Lipinski definition) is 1. The van der Waals surface area contributed by atoms with E-state index in [0.29, 0.717) is 11.0 Å². The topological polar surface area (TPSA) is 46.3 Å². The van der Waals surface area contributed by atoms with Crippen molar-refractivity contribution in [3.63, 3.8) is 0 Å². The van der Waals surface area contributed by atoms with Crippen LogP contribution in [-0.2, 0) is 0 Å². The van der Waals surface area contributed by atoms with Crippen molar-refractivity contribution >= 4 is 11.6 Å². The highest BCUT2D eigenvalue weighted by atomic mass is 19.1. The van der Waals surface area contributed by atoms with Crippen LogP contribution in [0.15, 0.2) is 18.2 Å². The number of hydrogen-bond acceptors (Lipinski definition) is 2. The first-order valence-corrected chi connectivity index (χ1v) is 7.12. The minimum Gasteiger partial charge on any atom is -0.399 e. The van der Waals surface area contributed by atoms with Crippen molar-refractivity contribution < 1.29 is 9.18 Å². The first kappa shape index (κ1) is 14.8. The molecule has 0 spiro atoms. The smallest absolute Gasteiger partial charge is 0.254 e. The minimum atomic E-state index is -0.466. The normalized spacial score (nSPS) is 18.8. The highest BCUT2D eigenvalue weighted by Gasteiger charge is 2.30. The second-order valence-corrected chi connectivity index (χ2v) is 6.58. The Morgan fingerprint density at radius 2 is 1.90 bits per heavy atom. The summed E-state index contributed by atoms with van der Waals surface area (Å²) in [5, 5.41) is 0. The number of rotatable bonds is 2. The fraction of sp³-hybridized carbons (Fsp3) is 0.562. The number of carbonyl (C=O) groups excluding carboxylic acids is 1. The summed E-state index contributed by atoms with van der Waals surface area (Å²) in [5.41, 5.74) is 6.58. The number of carbonyl (C=O) groups is 1. The van der Waals surface area contributed by atoms with E-state index in [1.807, 2.05) is 0 Å². The van der Waals surface area contributed by atoms with Gasteiger partial charge in [-0.3, -0.25) is 4.79 Å². The lowest BCUT2D eigenvalue weighted by Crippen LogP contribution is -2.40. The van der Waals surface area contributed by atoms with Gasteiger partial charge in [-0.15, -0.1) is 0 Å². The van der Waals surface area contributed by atoms with Crippen molar-refractivity contribution in [1.82, 2.24) is 4.90 Å². The van der Waals surface area contributed by atoms with E-state index >= 15 is 0 Å². The summed E-state index contributed by atoms with van der Waals surface area (Å²) in [4.78, 5) is 14.2. The average Bonchev–Trinajstić information content (AvgIpc) is 2.36. The Bertz CT molecular complexity index is 483. The third kappa shape index (κ3) is 3.30. The van der Waals surface area contributed by atoms with Crippen molar-refractivity contribution in [1.29, 1.82) is 0 Å². The van der Waals surface area contributed by atoms with E-state index in [9.17, 15) is 9.18 Å². The molecule has 1 aliphatic rings. The summed E-state index contributed by atoms with van der Waals surface area (Å²) in [5.74, 6) is -0.618. The van der Waals surface area contributed by atoms with Gasteiger partial charge in [0.15, 0.2) is 0 Å². The third-order valence-electron chi connectivity index (χ3n) is 4.34. The standard InChI is InChI=1S/C16H23FN2O/c1-16(2)6-4-14(5-7-16)19(3)15(20)11-8-12(17)10-13(18)9-11/h8-10,14H,4-7,18H2,1-3H3. The van der Waals surface area contributed by atoms with Gasteiger partial charge in [-0.1, -0.05) is 13.8 Å². The number of anilines is 1. The molecule has 0 radical (unpaired) electrons. The summed E-state index contributed by atoms with van der Waals surface area (Å²) in [6.45, 7) is 4.52. The Labute approximate surface area is 120 Å². The van der Waals surface area contributed by atoms with Crippen LogP contribution >= 0.6 is 0 Å². The molecule has 1 aromatic carbocycles. The van der Waals surface area contributed by atoms with Crippen LogP contribution in [0.1, 0.15) is 49.9 Å². The first-order chi connectivity index (χ1) is 9.28. The van der Waals surface area contributed by atoms with Crippen LogP contribution in [-0.4, -0.2) is 23.9 Å². The van der Waals surface area contributed by atoms with Gasteiger partial charge in [0.05, 0.1) is 0 Å². The third-order valence-corrected chi connectivity index (χ3v) is 4.34. The lowest BCUT2D eigenvalue weighted by molar-refractivity contribution is 0.0635. The van der Waals surface area contributed by atoms with Gasteiger partial charge in [0.2, 0.25) is 0 Å². The molecule has 0 aliphatic heterocycles. The van der Waals surface area contributed by atoms with Crippen molar-refractivity contribution in [3.05, 3.63) is 29.6 Å². The number of benzene rings is 1. The van der Waals surface area contributed by atoms with Crippen LogP contribution in [0.2, 0.25) is 0 Å². The fourth-order valence-electron chi connectivity index (χ4n) is 2.88. The molecule has 0 unspecified atom stereocenters. The molecule has 1 amide bonds. The molecule has 1 aromatic rings. The Kier molecular flexibility index (Phi) is 4.02. The number of nitrogens with zero attached hydrogens (tertiary/aromatic N) is 1. The second-order valence-electron chi connectivity index (χ2n) is 6.58. The monoisotopic (exact) mass is 278 g/mol. The van der Waals surface area contributed by atoms with E-state index in [0.717, 1.165) is 25.7 Å². The first-order valence-electron chi connectivity index (χ1n) is 7.12. The molecular formula is C16H23FN2O. The van der Waals surface area contributed by atoms with E-state index in [-0.39, 0.29) is 17.6 Å². The summed E-state index contributed by atoms with van der Waals surface area (Å²) in [7, 11) is 1.80. The lowest BCUT2D eigenvalue weighted by Gasteiger charge is -2.38. The number of halogens is 1. The summed E-state index contributed by atoms with van der Waals surface area (Å²) in [6, 6.07) is 4.25. The van der Waals surface area contributed by atoms with Crippen molar-refractivity contribution in [2.75, 3.05) is 12.8 Å². The maximum Gasteiger partial charge on any atom is 0.254 e. The van der Waals surface area contributed by atoms with E-state index in [4.69, 9.17) is 5.73 Å². The highest BCUT2D eigenvalue weighted by Crippen LogP contribution is 2.36. The molecule has 0 bridgehead atoms. The molecule has 0 saturated heterocycles. The molecule has 2 rings (SSSR count). The summed E-state index contributed by atoms with van der Waals surface area (Å²) < 4.78 is 13.3. The quantitative estimate of drug-likeness (QED) is 0.842. The Hall–Kier alpha value is -1.58. The van der Waals surface area contributed by atoms with Gasteiger partial charge in [0.1, 0.15) is 5.82 Å². The van der Waals surface area contributed by atoms with Gasteiger partial charge < -0.3 is 10.6 Å². The molecule has 110 valence electrons. The lowest BCUT2D eigenvalue weighted by atomic mass is 9.75. The van der Waals surface area contributed by atoms with Crippen LogP contribution < -0.4 is 5.73 Å². The molecule has 20 heavy (non-hydrogen) atoms. The predicted octanol–water partition coefficient (Wildman–Crippen LogP) is 3.45. The van der Waals surface area contributed by atoms with E-state index in [1.54, 1.807) is 11.9 Å². The molecule has 0 aromatic heterocycles. The van der Waals surface area contributed by atoms with Gasteiger partial charge in [0, 0.05) is 24.3 Å². The largest absolute Gasteiger partial charge is 0.399 e. The van der Waals surface area contributed by atoms with Crippen LogP contribution in [0.5, 0.6) is 0 Å². The van der Waals surface area contributed by atoms with Gasteiger partial charge in [-0.05, 0) is 49.3 Å². The van der Waals surface area contributed by atoms with Gasteiger partial charge in [-0.25, -0.2) is 4.39 Å². The van der Waals surface area contributed by atoms with Crippen LogP contribution in [0.4, 0.5) is 10.1 Å². The number of nitrogen functional groups attached to an aromatic ring is 1. The maximum atomic E-state index is 13.3. The summed E-state index contributed by atoms with van der Waals surface area (Å²) in [6.07, 6.45) is 4.22. The van der Waals surface area contributed by atoms with Crippen molar-refractivity contribution in [3.8, 4) is 0 Å². The molecule has 4 heteroatoms. The molecule has 3 nitrogen and oxygen atoms in total. The van der Waals surface area contributed by atoms with Crippen LogP contribution in [0.25, 0.3) is 0 Å². The molecule has 1 saturated carbocycles. The van der Waals surface area contributed by atoms with E-state index in [2.05, 4.69) is 13.8 Å². The molecule has 0 heterocycles. The van der Waals surface area contributed by atoms with Gasteiger partial charge in [0.25, 0.3) is 5.91 Å². The van der Waals surface area contributed by atoms with Crippen molar-refractivity contribution in [2.45, 2.75) is 45.6 Å². The molecule has 1 aliphatic carbocycles. The molecule has 0 atom stereocenters.